The Bertz CT molecular complexity index is 841. The van der Waals surface area contributed by atoms with Crippen molar-refractivity contribution in [1.29, 1.82) is 0 Å². The molecule has 1 fully saturated rings. The highest BCUT2D eigenvalue weighted by Crippen LogP contribution is 2.26. The second kappa shape index (κ2) is 9.03. The molecule has 0 atom stereocenters. The Kier molecular flexibility index (Phi) is 6.48. The number of halogens is 3. The van der Waals surface area contributed by atoms with Crippen molar-refractivity contribution in [3.8, 4) is 0 Å². The smallest absolute Gasteiger partial charge is 0.184 e. The molecule has 1 heterocycles. The van der Waals surface area contributed by atoms with Crippen LogP contribution >= 0.6 is 12.2 Å². The molecule has 0 aromatic heterocycles. The van der Waals surface area contributed by atoms with Crippen molar-refractivity contribution in [2.24, 2.45) is 10.8 Å². The number of thiocarbonyl (C=S) groups is 1. The zero-order valence-corrected chi connectivity index (χ0v) is 15.9. The Morgan fingerprint density at radius 3 is 2.25 bits per heavy atom. The number of nitrogens with zero attached hydrogens (tertiary/aromatic N) is 3. The topological polar surface area (TPSA) is 56.9 Å². The van der Waals surface area contributed by atoms with Crippen LogP contribution in [0.2, 0.25) is 0 Å². The number of hydrazone groups is 1. The van der Waals surface area contributed by atoms with Crippen LogP contribution in [0.4, 0.5) is 18.9 Å². The van der Waals surface area contributed by atoms with Gasteiger partial charge in [-0.15, -0.1) is 0 Å². The molecular weight excluding hydrogens is 387 g/mol. The molecule has 0 spiro atoms. The molecule has 2 aromatic carbocycles. The van der Waals surface area contributed by atoms with Crippen molar-refractivity contribution in [2.75, 3.05) is 31.1 Å². The lowest BCUT2D eigenvalue weighted by molar-refractivity contribution is 0.248. The first-order valence-electron chi connectivity index (χ1n) is 8.71. The summed E-state index contributed by atoms with van der Waals surface area (Å²) < 4.78 is 42.0. The zero-order valence-electron chi connectivity index (χ0n) is 15.0. The summed E-state index contributed by atoms with van der Waals surface area (Å²) >= 11 is 4.60. The standard InChI is InChI=1S/C19H20F3N5S/c20-15-3-1-13(2-4-15)12-26-5-7-27(8-6-26)18-16(21)9-14(10-17(18)22)11-24-25-19(23)28/h1-4,9-11H,5-8,12H2,(H3,23,25,28)/b24-11+. The van der Waals surface area contributed by atoms with Crippen LogP contribution in [0.1, 0.15) is 11.1 Å². The highest BCUT2D eigenvalue weighted by atomic mass is 32.1. The summed E-state index contributed by atoms with van der Waals surface area (Å²) in [6, 6.07) is 8.78. The molecule has 2 aromatic rings. The highest BCUT2D eigenvalue weighted by Gasteiger charge is 2.23. The number of hydrogen-bond donors (Lipinski definition) is 2. The van der Waals surface area contributed by atoms with Gasteiger partial charge in [0.25, 0.3) is 0 Å². The van der Waals surface area contributed by atoms with Gasteiger partial charge >= 0.3 is 0 Å². The van der Waals surface area contributed by atoms with Crippen LogP contribution < -0.4 is 16.1 Å². The monoisotopic (exact) mass is 407 g/mol. The van der Waals surface area contributed by atoms with Crippen molar-refractivity contribution >= 4 is 29.2 Å². The molecule has 148 valence electrons. The molecule has 0 aliphatic carbocycles. The fraction of sp³-hybridized carbons (Fsp3) is 0.263. The van der Waals surface area contributed by atoms with E-state index in [1.54, 1.807) is 17.0 Å². The Labute approximate surface area is 166 Å². The van der Waals surface area contributed by atoms with Gasteiger partial charge in [-0.3, -0.25) is 10.3 Å². The van der Waals surface area contributed by atoms with Gasteiger partial charge in [-0.25, -0.2) is 13.2 Å². The molecule has 1 saturated heterocycles. The molecule has 5 nitrogen and oxygen atoms in total. The average Bonchev–Trinajstić information content (AvgIpc) is 2.64. The lowest BCUT2D eigenvalue weighted by Gasteiger charge is -2.36. The molecule has 1 aliphatic heterocycles. The largest absolute Gasteiger partial charge is 0.375 e. The number of anilines is 1. The minimum atomic E-state index is -0.649. The van der Waals surface area contributed by atoms with Crippen LogP contribution in [0.3, 0.4) is 0 Å². The van der Waals surface area contributed by atoms with Crippen LogP contribution in [0.15, 0.2) is 41.5 Å². The predicted octanol–water partition coefficient (Wildman–Crippen LogP) is 2.59. The Morgan fingerprint density at radius 2 is 1.68 bits per heavy atom. The van der Waals surface area contributed by atoms with E-state index in [0.717, 1.165) is 5.56 Å². The molecular formula is C19H20F3N5S. The molecule has 0 bridgehead atoms. The third kappa shape index (κ3) is 5.20. The summed E-state index contributed by atoms with van der Waals surface area (Å²) in [5.74, 6) is -1.57. The number of nitrogens with two attached hydrogens (primary N) is 1. The fourth-order valence-corrected chi connectivity index (χ4v) is 3.16. The van der Waals surface area contributed by atoms with E-state index in [1.165, 1.54) is 30.5 Å². The number of nitrogens with one attached hydrogen (secondary N) is 1. The third-order valence-electron chi connectivity index (χ3n) is 4.44. The van der Waals surface area contributed by atoms with Gasteiger partial charge in [0.2, 0.25) is 0 Å². The Morgan fingerprint density at radius 1 is 1.07 bits per heavy atom. The van der Waals surface area contributed by atoms with Gasteiger partial charge in [0, 0.05) is 38.3 Å². The lowest BCUT2D eigenvalue weighted by atomic mass is 10.1. The van der Waals surface area contributed by atoms with E-state index in [1.807, 2.05) is 0 Å². The van der Waals surface area contributed by atoms with Crippen LogP contribution in [0, 0.1) is 17.5 Å². The summed E-state index contributed by atoms with van der Waals surface area (Å²) in [5.41, 5.74) is 8.79. The van der Waals surface area contributed by atoms with E-state index in [9.17, 15) is 13.2 Å². The van der Waals surface area contributed by atoms with Crippen molar-refractivity contribution in [2.45, 2.75) is 6.54 Å². The first-order chi connectivity index (χ1) is 13.4. The van der Waals surface area contributed by atoms with E-state index >= 15 is 0 Å². The maximum atomic E-state index is 14.5. The first kappa shape index (κ1) is 20.1. The summed E-state index contributed by atoms with van der Waals surface area (Å²) in [7, 11) is 0. The predicted molar refractivity (Wildman–Crippen MR) is 108 cm³/mol. The quantitative estimate of drug-likeness (QED) is 0.453. The SMILES string of the molecule is NC(=S)N/N=C/c1cc(F)c(N2CCN(Cc3ccc(F)cc3)CC2)c(F)c1. The summed E-state index contributed by atoms with van der Waals surface area (Å²) in [4.78, 5) is 3.86. The van der Waals surface area contributed by atoms with Gasteiger partial charge in [0.1, 0.15) is 23.1 Å². The Balaban J connectivity index is 1.62. The lowest BCUT2D eigenvalue weighted by Crippen LogP contribution is -2.46. The molecule has 9 heteroatoms. The second-order valence-electron chi connectivity index (χ2n) is 6.46. The summed E-state index contributed by atoms with van der Waals surface area (Å²) in [6.45, 7) is 2.95. The maximum Gasteiger partial charge on any atom is 0.184 e. The van der Waals surface area contributed by atoms with Gasteiger partial charge < -0.3 is 10.6 Å². The van der Waals surface area contributed by atoms with Crippen molar-refractivity contribution in [1.82, 2.24) is 10.3 Å². The summed E-state index contributed by atoms with van der Waals surface area (Å²) in [6.07, 6.45) is 1.25. The number of hydrogen-bond acceptors (Lipinski definition) is 4. The minimum absolute atomic E-state index is 0.0349. The summed E-state index contributed by atoms with van der Waals surface area (Å²) in [5, 5.41) is 3.67. The van der Waals surface area contributed by atoms with Gasteiger partial charge in [-0.05, 0) is 42.0 Å². The van der Waals surface area contributed by atoms with Gasteiger partial charge in [0.15, 0.2) is 5.11 Å². The third-order valence-corrected chi connectivity index (χ3v) is 4.53. The van der Waals surface area contributed by atoms with Crippen LogP contribution in [-0.4, -0.2) is 42.4 Å². The van der Waals surface area contributed by atoms with Crippen molar-refractivity contribution < 1.29 is 13.2 Å². The number of piperazine rings is 1. The van der Waals surface area contributed by atoms with E-state index in [-0.39, 0.29) is 22.2 Å². The molecule has 0 saturated carbocycles. The molecule has 1 aliphatic rings. The molecule has 28 heavy (non-hydrogen) atoms. The average molecular weight is 407 g/mol. The minimum Gasteiger partial charge on any atom is -0.375 e. The van der Waals surface area contributed by atoms with Gasteiger partial charge in [-0.1, -0.05) is 12.1 Å². The molecule has 3 rings (SSSR count). The van der Waals surface area contributed by atoms with Crippen molar-refractivity contribution in [3.63, 3.8) is 0 Å². The number of benzene rings is 2. The fourth-order valence-electron chi connectivity index (χ4n) is 3.11. The highest BCUT2D eigenvalue weighted by molar-refractivity contribution is 7.80. The maximum absolute atomic E-state index is 14.5. The van der Waals surface area contributed by atoms with Gasteiger partial charge in [0.05, 0.1) is 6.21 Å². The second-order valence-corrected chi connectivity index (χ2v) is 6.90. The van der Waals surface area contributed by atoms with E-state index in [2.05, 4.69) is 27.6 Å². The molecule has 3 N–H and O–H groups in total. The zero-order chi connectivity index (χ0) is 20.1. The van der Waals surface area contributed by atoms with E-state index < -0.39 is 11.6 Å². The van der Waals surface area contributed by atoms with Crippen molar-refractivity contribution in [3.05, 3.63) is 65.0 Å². The first-order valence-corrected chi connectivity index (χ1v) is 9.12. The Hall–Kier alpha value is -2.65. The molecule has 0 unspecified atom stereocenters. The van der Waals surface area contributed by atoms with Crippen LogP contribution in [0.5, 0.6) is 0 Å². The van der Waals surface area contributed by atoms with Gasteiger partial charge in [-0.2, -0.15) is 5.10 Å². The van der Waals surface area contributed by atoms with Crippen LogP contribution in [-0.2, 0) is 6.54 Å². The van der Waals surface area contributed by atoms with E-state index in [4.69, 9.17) is 5.73 Å². The van der Waals surface area contributed by atoms with E-state index in [0.29, 0.717) is 32.7 Å². The molecule has 0 amide bonds. The normalized spacial score (nSPS) is 15.2. The van der Waals surface area contributed by atoms with Crippen LogP contribution in [0.25, 0.3) is 0 Å². The molecule has 0 radical (unpaired) electrons. The number of rotatable bonds is 5.